The second kappa shape index (κ2) is 23.1. The molecule has 16 heteroatoms. The molecule has 12 aliphatic rings. The largest absolute Gasteiger partial charge is 0.396 e. The first kappa shape index (κ1) is 61.6. The van der Waals surface area contributed by atoms with E-state index >= 15 is 9.90 Å². The molecule has 9 fully saturated rings. The molecule has 3 spiro atoms. The Morgan fingerprint density at radius 2 is 1.71 bits per heavy atom. The summed E-state index contributed by atoms with van der Waals surface area (Å²) in [5, 5.41) is 89.4. The van der Waals surface area contributed by atoms with Gasteiger partial charge in [-0.2, -0.15) is 0 Å². The van der Waals surface area contributed by atoms with Crippen LogP contribution in [0.25, 0.3) is 0 Å². The number of hydrogen-bond acceptors (Lipinski definition) is 13. The summed E-state index contributed by atoms with van der Waals surface area (Å²) in [6.45, 7) is 13.1. The summed E-state index contributed by atoms with van der Waals surface area (Å²) in [4.78, 5) is 26.1. The molecule has 0 aromatic carbocycles. The van der Waals surface area contributed by atoms with E-state index < -0.39 is 69.4 Å². The summed E-state index contributed by atoms with van der Waals surface area (Å²) < 4.78 is 1.89. The zero-order valence-corrected chi connectivity index (χ0v) is 54.0. The molecule has 2 aliphatic heterocycles. The van der Waals surface area contributed by atoms with E-state index in [1.54, 1.807) is 23.6 Å². The topological polar surface area (TPSA) is 231 Å². The number of allylic oxidation sites excluding steroid dienone is 3. The van der Waals surface area contributed by atoms with Gasteiger partial charge in [0.15, 0.2) is 11.7 Å². The minimum atomic E-state index is -1.71. The molecular weight excluding hydrogens is 1100 g/mol. The molecule has 11 N–H and O–H groups in total. The van der Waals surface area contributed by atoms with Crippen LogP contribution in [0, 0.1) is 92.2 Å². The first-order valence-corrected chi connectivity index (χ1v) is 36.6. The van der Waals surface area contributed by atoms with Gasteiger partial charge in [-0.05, 0) is 211 Å². The van der Waals surface area contributed by atoms with Crippen LogP contribution in [0.4, 0.5) is 0 Å². The Bertz CT molecular complexity index is 2770. The van der Waals surface area contributed by atoms with E-state index in [0.717, 1.165) is 102 Å². The quantitative estimate of drug-likeness (QED) is 0.0327. The van der Waals surface area contributed by atoms with E-state index in [4.69, 9.17) is 15.7 Å². The number of aliphatic imine (C=N–C) groups is 1. The van der Waals surface area contributed by atoms with Crippen LogP contribution in [0.2, 0.25) is 0 Å². The summed E-state index contributed by atoms with van der Waals surface area (Å²) in [7, 11) is 5.90. The minimum absolute atomic E-state index is 0.0953. The molecule has 0 amide bonds. The zero-order chi connectivity index (χ0) is 59.6. The van der Waals surface area contributed by atoms with Gasteiger partial charge in [0, 0.05) is 77.0 Å². The predicted molar refractivity (Wildman–Crippen MR) is 339 cm³/mol. The standard InChI is InChI=1S/C69H107N7O7S2/c1-40(2)13-10-21-66-34-52(80)60(81)48(36-71-6)58(66)51(79)30-50-56(66)43(35-74-62(70)75-41(3)78)32-67(38-77)49-31-53(69(50,67)83)68(22-12-20-65(68)23-25-72-26-24-65)85-84-37-44(76-28-27-73-39-76)33-63(4,5)59-46-16-11-19-64(17-7-8-18-64)57(46)45-15-9-14-42-29-47(49)61(82)55(59)54(42)45/h27-28,30,39-44,47-49,52-53,55-58,60-61,71-72,77-78,80-83H,7-26,29,31-38H2,1-6H3,(H3,70,74,75). The van der Waals surface area contributed by atoms with Crippen molar-refractivity contribution < 1.29 is 35.4 Å². The highest BCUT2D eigenvalue weighted by molar-refractivity contribution is 8.77. The smallest absolute Gasteiger partial charge is 0.190 e. The summed E-state index contributed by atoms with van der Waals surface area (Å²) >= 11 is 0. The molecule has 19 atom stereocenters. The third-order valence-corrected chi connectivity index (χ3v) is 30.3. The zero-order valence-electron chi connectivity index (χ0n) is 52.4. The average molecular weight is 1210 g/mol. The van der Waals surface area contributed by atoms with Gasteiger partial charge in [-0.15, -0.1) is 0 Å². The number of piperidine rings is 1. The Labute approximate surface area is 515 Å². The predicted octanol–water partition coefficient (Wildman–Crippen LogP) is 9.42. The molecule has 472 valence electrons. The number of nitrogens with zero attached hydrogens (tertiary/aromatic N) is 3. The van der Waals surface area contributed by atoms with Gasteiger partial charge >= 0.3 is 0 Å². The summed E-state index contributed by atoms with van der Waals surface area (Å²) in [6, 6.07) is 0.108. The van der Waals surface area contributed by atoms with E-state index in [9.17, 15) is 25.5 Å². The van der Waals surface area contributed by atoms with Gasteiger partial charge in [0.2, 0.25) is 0 Å². The van der Waals surface area contributed by atoms with Crippen LogP contribution in [0.3, 0.4) is 0 Å². The highest BCUT2D eigenvalue weighted by Gasteiger charge is 2.80. The van der Waals surface area contributed by atoms with Gasteiger partial charge < -0.3 is 56.9 Å². The van der Waals surface area contributed by atoms with Crippen molar-refractivity contribution in [3.05, 3.63) is 52.7 Å². The summed E-state index contributed by atoms with van der Waals surface area (Å²) in [5.74, 6) is -1.28. The monoisotopic (exact) mass is 1210 g/mol. The maximum absolute atomic E-state index is 16.3. The van der Waals surface area contributed by atoms with Gasteiger partial charge in [-0.25, -0.2) is 4.98 Å². The minimum Gasteiger partial charge on any atom is -0.396 e. The fraction of sp³-hybridized carbons (Fsp3) is 0.841. The fourth-order valence-corrected chi connectivity index (χ4v) is 28.5. The van der Waals surface area contributed by atoms with Crippen LogP contribution in [-0.2, 0) is 4.79 Å². The van der Waals surface area contributed by atoms with Crippen molar-refractivity contribution in [1.82, 2.24) is 25.5 Å². The number of aromatic nitrogens is 2. The van der Waals surface area contributed by atoms with Crippen molar-refractivity contribution in [3.8, 4) is 0 Å². The molecule has 14 nitrogen and oxygen atoms in total. The Hall–Kier alpha value is -2.25. The van der Waals surface area contributed by atoms with Crippen LogP contribution < -0.4 is 21.7 Å². The van der Waals surface area contributed by atoms with Gasteiger partial charge in [-0.3, -0.25) is 9.79 Å². The number of hydrogen-bond donors (Lipinski definition) is 10. The molecular formula is C69H107N7O7S2. The van der Waals surface area contributed by atoms with Crippen LogP contribution in [0.1, 0.15) is 188 Å². The van der Waals surface area contributed by atoms with Crippen molar-refractivity contribution in [1.29, 1.82) is 0 Å². The molecule has 3 heterocycles. The summed E-state index contributed by atoms with van der Waals surface area (Å²) in [5.41, 5.74) is 9.88. The number of imidazole rings is 1. The van der Waals surface area contributed by atoms with Gasteiger partial charge in [0.1, 0.15) is 6.23 Å². The number of nitrogens with one attached hydrogen (secondary N) is 3. The number of carbonyl (C=O) groups excluding carboxylic acids is 1. The highest BCUT2D eigenvalue weighted by Crippen LogP contribution is 2.80. The number of aliphatic hydroxyl groups excluding tert-OH is 5. The number of ketones is 1. The highest BCUT2D eigenvalue weighted by atomic mass is 33.1. The molecule has 1 aromatic rings. The van der Waals surface area contributed by atoms with Gasteiger partial charge in [0.05, 0.1) is 36.8 Å². The molecule has 2 saturated heterocycles. The first-order chi connectivity index (χ1) is 40.8. The SMILES string of the molecule is CNCC1C(O)C(O)CC2(CCCC(C)C)C3C(=CC(=O)C12)C1(O)C2CC(C4CC5CCCC6=C5C(C(=C5CCCC7(CCCC7)C65)C(C)(C)CC(n5ccnc5)CSSC25CCCC52CCNCC2)C4O)C1(CO)CC3CN=C(N)NC(C)O. The number of fused-ring (bicyclic) bond motifs is 16. The number of carbonyl (C=O) groups is 1. The molecule has 0 radical (unpaired) electrons. The van der Waals surface area contributed by atoms with Crippen LogP contribution >= 0.6 is 21.6 Å². The molecule has 85 heavy (non-hydrogen) atoms. The molecule has 10 aliphatic carbocycles. The van der Waals surface area contributed by atoms with E-state index in [2.05, 4.69) is 65.2 Å². The molecule has 13 rings (SSSR count). The average Bonchev–Trinajstić information content (AvgIpc) is 1.60. The van der Waals surface area contributed by atoms with E-state index in [1.807, 2.05) is 36.4 Å². The lowest BCUT2D eigenvalue weighted by atomic mass is 9.39. The van der Waals surface area contributed by atoms with Crippen molar-refractivity contribution in [2.75, 3.05) is 45.6 Å². The van der Waals surface area contributed by atoms with Crippen LogP contribution in [-0.4, -0.2) is 132 Å². The third-order valence-electron chi connectivity index (χ3n) is 26.8. The lowest BCUT2D eigenvalue weighted by molar-refractivity contribution is -0.204. The molecule has 4 bridgehead atoms. The van der Waals surface area contributed by atoms with Crippen molar-refractivity contribution >= 4 is 33.3 Å². The van der Waals surface area contributed by atoms with Crippen LogP contribution in [0.15, 0.2) is 57.7 Å². The van der Waals surface area contributed by atoms with Gasteiger partial charge in [0.25, 0.3) is 0 Å². The van der Waals surface area contributed by atoms with Crippen LogP contribution in [0.5, 0.6) is 0 Å². The molecule has 7 saturated carbocycles. The Kier molecular flexibility index (Phi) is 16.8. The molecule has 19 unspecified atom stereocenters. The Morgan fingerprint density at radius 1 is 0.941 bits per heavy atom. The number of nitrogens with two attached hydrogens (primary N) is 1. The van der Waals surface area contributed by atoms with Crippen molar-refractivity contribution in [2.45, 2.75) is 223 Å². The second-order valence-corrected chi connectivity index (χ2v) is 34.2. The number of rotatable bonds is 11. The molecule has 1 aromatic heterocycles. The fourth-order valence-electron chi connectivity index (χ4n) is 24.2. The first-order valence-electron chi connectivity index (χ1n) is 34.2. The maximum atomic E-state index is 16.3. The van der Waals surface area contributed by atoms with E-state index in [1.165, 1.54) is 44.1 Å². The van der Waals surface area contributed by atoms with Crippen molar-refractivity contribution in [3.63, 3.8) is 0 Å². The Morgan fingerprint density at radius 3 is 2.42 bits per heavy atom. The lowest BCUT2D eigenvalue weighted by Crippen LogP contribution is -2.71. The van der Waals surface area contributed by atoms with E-state index in [0.29, 0.717) is 43.2 Å². The third kappa shape index (κ3) is 9.43. The maximum Gasteiger partial charge on any atom is 0.190 e. The second-order valence-electron chi connectivity index (χ2n) is 31.6. The van der Waals surface area contributed by atoms with E-state index in [-0.39, 0.29) is 83.2 Å². The summed E-state index contributed by atoms with van der Waals surface area (Å²) in [6.07, 6.45) is 26.3. The van der Waals surface area contributed by atoms with Gasteiger partial charge in [-0.1, -0.05) is 104 Å². The van der Waals surface area contributed by atoms with Crippen molar-refractivity contribution in [2.24, 2.45) is 103 Å². The number of aliphatic hydroxyl groups is 6. The lowest BCUT2D eigenvalue weighted by Gasteiger charge is -2.67. The Balaban J connectivity index is 1.07. The normalized spacial score (nSPS) is 44.0. The number of guanidine groups is 1.